The van der Waals surface area contributed by atoms with Crippen LogP contribution in [0.5, 0.6) is 11.5 Å². The first-order valence-corrected chi connectivity index (χ1v) is 10.0. The Morgan fingerprint density at radius 1 is 0.963 bits per heavy atom. The fourth-order valence-corrected chi connectivity index (χ4v) is 4.31. The summed E-state index contributed by atoms with van der Waals surface area (Å²) < 4.78 is 16.3. The number of nitrogens with zero attached hydrogens (tertiary/aromatic N) is 3. The Balaban J connectivity index is 1.18. The highest BCUT2D eigenvalue weighted by Crippen LogP contribution is 2.36. The molecule has 2 aliphatic heterocycles. The van der Waals surface area contributed by atoms with Crippen LogP contribution >= 0.6 is 11.3 Å². The highest BCUT2D eigenvalue weighted by Gasteiger charge is 2.19. The number of piperazine rings is 1. The molecule has 6 nitrogen and oxygen atoms in total. The van der Waals surface area contributed by atoms with Crippen LogP contribution in [0.3, 0.4) is 0 Å². The van der Waals surface area contributed by atoms with Crippen LogP contribution in [-0.4, -0.2) is 47.8 Å². The van der Waals surface area contributed by atoms with Gasteiger partial charge in [0, 0.05) is 43.7 Å². The quantitative estimate of drug-likeness (QED) is 0.673. The summed E-state index contributed by atoms with van der Waals surface area (Å²) in [5, 5.41) is 3.19. The number of ether oxygens (including phenoxy) is 2. The minimum Gasteiger partial charge on any atom is -0.468 e. The summed E-state index contributed by atoms with van der Waals surface area (Å²) in [5.41, 5.74) is 2.21. The number of benzene rings is 1. The van der Waals surface area contributed by atoms with Crippen LogP contribution < -0.4 is 9.47 Å². The van der Waals surface area contributed by atoms with Crippen molar-refractivity contribution in [1.29, 1.82) is 0 Å². The monoisotopic (exact) mass is 383 g/mol. The predicted octanol–water partition coefficient (Wildman–Crippen LogP) is 3.45. The SMILES string of the molecule is c1coc(CN2CCN(Cc3csc(-c4ccc5c(c4)OCO5)n3)CC2)c1. The van der Waals surface area contributed by atoms with Gasteiger partial charge < -0.3 is 13.9 Å². The molecule has 2 aromatic heterocycles. The first kappa shape index (κ1) is 16.8. The van der Waals surface area contributed by atoms with Crippen molar-refractivity contribution >= 4 is 11.3 Å². The minimum absolute atomic E-state index is 0.299. The van der Waals surface area contributed by atoms with Gasteiger partial charge in [-0.05, 0) is 30.3 Å². The lowest BCUT2D eigenvalue weighted by atomic mass is 10.2. The number of rotatable bonds is 5. The molecule has 0 saturated carbocycles. The number of hydrogen-bond donors (Lipinski definition) is 0. The molecule has 5 rings (SSSR count). The molecule has 27 heavy (non-hydrogen) atoms. The lowest BCUT2D eigenvalue weighted by Crippen LogP contribution is -2.45. The third-order valence-electron chi connectivity index (χ3n) is 4.98. The van der Waals surface area contributed by atoms with Gasteiger partial charge in [0.25, 0.3) is 0 Å². The molecule has 1 fully saturated rings. The summed E-state index contributed by atoms with van der Waals surface area (Å²) in [5.74, 6) is 2.65. The first-order chi connectivity index (χ1) is 13.3. The molecule has 0 aliphatic carbocycles. The van der Waals surface area contributed by atoms with Crippen molar-refractivity contribution in [3.63, 3.8) is 0 Å². The molecule has 4 heterocycles. The molecule has 0 bridgehead atoms. The van der Waals surface area contributed by atoms with E-state index in [0.29, 0.717) is 6.79 Å². The summed E-state index contributed by atoms with van der Waals surface area (Å²) in [7, 11) is 0. The minimum atomic E-state index is 0.299. The summed E-state index contributed by atoms with van der Waals surface area (Å²) in [6.07, 6.45) is 1.74. The van der Waals surface area contributed by atoms with Crippen molar-refractivity contribution in [3.8, 4) is 22.1 Å². The van der Waals surface area contributed by atoms with Gasteiger partial charge in [-0.15, -0.1) is 11.3 Å². The first-order valence-electron chi connectivity index (χ1n) is 9.15. The standard InChI is InChI=1S/C20H21N3O3S/c1-2-17(24-9-1)12-23-7-5-22(6-8-23)11-16-13-27-20(21-16)15-3-4-18-19(10-15)26-14-25-18/h1-4,9-10,13H,5-8,11-12,14H2. The summed E-state index contributed by atoms with van der Waals surface area (Å²) in [4.78, 5) is 9.74. The Morgan fingerprint density at radius 2 is 1.78 bits per heavy atom. The van der Waals surface area contributed by atoms with Crippen molar-refractivity contribution in [2.24, 2.45) is 0 Å². The largest absolute Gasteiger partial charge is 0.468 e. The van der Waals surface area contributed by atoms with E-state index in [0.717, 1.165) is 72.8 Å². The number of thiazole rings is 1. The highest BCUT2D eigenvalue weighted by molar-refractivity contribution is 7.13. The molecular formula is C20H21N3O3S. The summed E-state index contributed by atoms with van der Waals surface area (Å²) >= 11 is 1.68. The van der Waals surface area contributed by atoms with E-state index in [4.69, 9.17) is 18.9 Å². The van der Waals surface area contributed by atoms with E-state index in [2.05, 4.69) is 15.2 Å². The third kappa shape index (κ3) is 3.71. The topological polar surface area (TPSA) is 51.0 Å². The lowest BCUT2D eigenvalue weighted by Gasteiger charge is -2.33. The van der Waals surface area contributed by atoms with Crippen LogP contribution in [0, 0.1) is 0 Å². The van der Waals surface area contributed by atoms with Crippen molar-refractivity contribution in [2.75, 3.05) is 33.0 Å². The smallest absolute Gasteiger partial charge is 0.231 e. The molecule has 0 radical (unpaired) electrons. The predicted molar refractivity (Wildman–Crippen MR) is 103 cm³/mol. The normalized spacial score (nSPS) is 17.5. The highest BCUT2D eigenvalue weighted by atomic mass is 32.1. The maximum absolute atomic E-state index is 5.47. The van der Waals surface area contributed by atoms with Crippen LogP contribution in [0.15, 0.2) is 46.4 Å². The maximum Gasteiger partial charge on any atom is 0.231 e. The van der Waals surface area contributed by atoms with E-state index in [1.165, 1.54) is 0 Å². The van der Waals surface area contributed by atoms with Gasteiger partial charge in [0.05, 0.1) is 18.5 Å². The van der Waals surface area contributed by atoms with Crippen molar-refractivity contribution in [2.45, 2.75) is 13.1 Å². The van der Waals surface area contributed by atoms with E-state index in [9.17, 15) is 0 Å². The molecule has 0 amide bonds. The van der Waals surface area contributed by atoms with Gasteiger partial charge in [-0.25, -0.2) is 4.98 Å². The summed E-state index contributed by atoms with van der Waals surface area (Å²) in [6.45, 7) is 6.31. The second kappa shape index (κ2) is 7.34. The fraction of sp³-hybridized carbons (Fsp3) is 0.350. The van der Waals surface area contributed by atoms with Gasteiger partial charge in [0.2, 0.25) is 6.79 Å². The molecule has 2 aliphatic rings. The van der Waals surface area contributed by atoms with E-state index >= 15 is 0 Å². The molecule has 0 unspecified atom stereocenters. The van der Waals surface area contributed by atoms with E-state index in [1.54, 1.807) is 17.6 Å². The maximum atomic E-state index is 5.47. The Morgan fingerprint density at radius 3 is 2.59 bits per heavy atom. The van der Waals surface area contributed by atoms with Crippen molar-refractivity contribution in [1.82, 2.24) is 14.8 Å². The van der Waals surface area contributed by atoms with E-state index < -0.39 is 0 Å². The lowest BCUT2D eigenvalue weighted by molar-refractivity contribution is 0.115. The number of fused-ring (bicyclic) bond motifs is 1. The van der Waals surface area contributed by atoms with Crippen LogP contribution in [0.25, 0.3) is 10.6 Å². The van der Waals surface area contributed by atoms with Gasteiger partial charge in [-0.1, -0.05) is 0 Å². The average molecular weight is 383 g/mol. The van der Waals surface area contributed by atoms with Crippen molar-refractivity contribution < 1.29 is 13.9 Å². The second-order valence-electron chi connectivity index (χ2n) is 6.84. The molecule has 0 N–H and O–H groups in total. The van der Waals surface area contributed by atoms with E-state index in [-0.39, 0.29) is 0 Å². The van der Waals surface area contributed by atoms with Crippen LogP contribution in [0.2, 0.25) is 0 Å². The van der Waals surface area contributed by atoms with Crippen LogP contribution in [0.1, 0.15) is 11.5 Å². The molecule has 140 valence electrons. The Labute approximate surface area is 161 Å². The number of furan rings is 1. The molecule has 0 atom stereocenters. The van der Waals surface area contributed by atoms with Gasteiger partial charge in [0.15, 0.2) is 11.5 Å². The molecule has 7 heteroatoms. The van der Waals surface area contributed by atoms with Gasteiger partial charge in [0.1, 0.15) is 10.8 Å². The second-order valence-corrected chi connectivity index (χ2v) is 7.70. The van der Waals surface area contributed by atoms with Crippen molar-refractivity contribution in [3.05, 3.63) is 53.4 Å². The van der Waals surface area contributed by atoms with Gasteiger partial charge >= 0.3 is 0 Å². The van der Waals surface area contributed by atoms with Crippen LogP contribution in [0.4, 0.5) is 0 Å². The Hall–Kier alpha value is -2.35. The summed E-state index contributed by atoms with van der Waals surface area (Å²) in [6, 6.07) is 10.0. The molecule has 1 saturated heterocycles. The van der Waals surface area contributed by atoms with Crippen LogP contribution in [-0.2, 0) is 13.1 Å². The average Bonchev–Trinajstić information content (AvgIpc) is 3.44. The van der Waals surface area contributed by atoms with Gasteiger partial charge in [-0.3, -0.25) is 9.80 Å². The Bertz CT molecular complexity index is 901. The fourth-order valence-electron chi connectivity index (χ4n) is 3.50. The molecule has 1 aromatic carbocycles. The van der Waals surface area contributed by atoms with Gasteiger partial charge in [-0.2, -0.15) is 0 Å². The molecular weight excluding hydrogens is 362 g/mol. The zero-order valence-electron chi connectivity index (χ0n) is 15.0. The third-order valence-corrected chi connectivity index (χ3v) is 5.92. The molecule has 0 spiro atoms. The zero-order valence-corrected chi connectivity index (χ0v) is 15.8. The Kier molecular flexibility index (Phi) is 4.57. The number of aromatic nitrogens is 1. The number of hydrogen-bond acceptors (Lipinski definition) is 7. The molecule has 3 aromatic rings. The van der Waals surface area contributed by atoms with E-state index in [1.807, 2.05) is 30.3 Å². The zero-order chi connectivity index (χ0) is 18.1.